The highest BCUT2D eigenvalue weighted by molar-refractivity contribution is 5.82. The minimum absolute atomic E-state index is 0.0435. The van der Waals surface area contributed by atoms with E-state index < -0.39 is 0 Å². The second-order valence-corrected chi connectivity index (χ2v) is 7.98. The molecule has 4 nitrogen and oxygen atoms in total. The molecular formula is C19H24N2O2. The van der Waals surface area contributed by atoms with Crippen molar-refractivity contribution in [1.82, 2.24) is 5.43 Å². The SMILES string of the molecule is O=C(CC12CC3CC(CC(C3)C1)C2)N/N=C/c1ccc(O)cc1. The first-order valence-corrected chi connectivity index (χ1v) is 8.71. The van der Waals surface area contributed by atoms with Gasteiger partial charge < -0.3 is 5.11 Å². The quantitative estimate of drug-likeness (QED) is 0.661. The number of hydrogen-bond donors (Lipinski definition) is 2. The van der Waals surface area contributed by atoms with E-state index in [4.69, 9.17) is 0 Å². The molecule has 1 aromatic rings. The van der Waals surface area contributed by atoms with Crippen molar-refractivity contribution in [3.63, 3.8) is 0 Å². The summed E-state index contributed by atoms with van der Waals surface area (Å²) in [5, 5.41) is 13.3. The van der Waals surface area contributed by atoms with Gasteiger partial charge in [-0.15, -0.1) is 0 Å². The molecule has 0 aromatic heterocycles. The Hall–Kier alpha value is -1.84. The van der Waals surface area contributed by atoms with Crippen LogP contribution in [0.1, 0.15) is 50.5 Å². The molecule has 2 N–H and O–H groups in total. The third-order valence-corrected chi connectivity index (χ3v) is 6.00. The third kappa shape index (κ3) is 3.12. The van der Waals surface area contributed by atoms with Gasteiger partial charge in [0.1, 0.15) is 5.75 Å². The number of nitrogens with one attached hydrogen (secondary N) is 1. The Bertz CT molecular complexity index is 585. The van der Waals surface area contributed by atoms with Gasteiger partial charge in [0.05, 0.1) is 6.21 Å². The highest BCUT2D eigenvalue weighted by Crippen LogP contribution is 2.61. The number of hydrazone groups is 1. The molecule has 0 heterocycles. The van der Waals surface area contributed by atoms with Crippen molar-refractivity contribution in [3.05, 3.63) is 29.8 Å². The van der Waals surface area contributed by atoms with Crippen LogP contribution < -0.4 is 5.43 Å². The number of phenols is 1. The van der Waals surface area contributed by atoms with Gasteiger partial charge in [-0.2, -0.15) is 5.10 Å². The number of phenolic OH excluding ortho intramolecular Hbond substituents is 1. The molecule has 4 heteroatoms. The molecule has 4 fully saturated rings. The van der Waals surface area contributed by atoms with Crippen LogP contribution in [-0.2, 0) is 4.79 Å². The third-order valence-electron chi connectivity index (χ3n) is 6.00. The Morgan fingerprint density at radius 1 is 1.13 bits per heavy atom. The summed E-state index contributed by atoms with van der Waals surface area (Å²) in [7, 11) is 0. The maximum atomic E-state index is 12.3. The van der Waals surface area contributed by atoms with Crippen LogP contribution in [0.4, 0.5) is 0 Å². The van der Waals surface area contributed by atoms with E-state index >= 15 is 0 Å². The van der Waals surface area contributed by atoms with Crippen molar-refractivity contribution >= 4 is 12.1 Å². The first-order chi connectivity index (χ1) is 11.1. The minimum atomic E-state index is 0.0435. The van der Waals surface area contributed by atoms with E-state index in [0.717, 1.165) is 23.3 Å². The topological polar surface area (TPSA) is 61.7 Å². The number of rotatable bonds is 4. The molecule has 4 aliphatic rings. The van der Waals surface area contributed by atoms with Gasteiger partial charge in [0.2, 0.25) is 5.91 Å². The Labute approximate surface area is 137 Å². The summed E-state index contributed by atoms with van der Waals surface area (Å²) in [6.07, 6.45) is 10.2. The van der Waals surface area contributed by atoms with Crippen LogP contribution in [0.15, 0.2) is 29.4 Å². The van der Waals surface area contributed by atoms with Gasteiger partial charge in [0.25, 0.3) is 0 Å². The number of carbonyl (C=O) groups excluding carboxylic acids is 1. The van der Waals surface area contributed by atoms with Crippen LogP contribution >= 0.6 is 0 Å². The van der Waals surface area contributed by atoms with E-state index in [1.165, 1.54) is 38.5 Å². The molecular weight excluding hydrogens is 288 g/mol. The van der Waals surface area contributed by atoms with Crippen molar-refractivity contribution in [1.29, 1.82) is 0 Å². The standard InChI is InChI=1S/C19H24N2O2/c22-17-3-1-13(2-4-17)12-20-21-18(23)11-19-8-14-5-15(9-19)7-16(6-14)10-19/h1-4,12,14-16,22H,5-11H2,(H,21,23)/b20-12+. The van der Waals surface area contributed by atoms with Crippen LogP contribution in [0.5, 0.6) is 5.75 Å². The molecule has 4 aliphatic carbocycles. The second-order valence-electron chi connectivity index (χ2n) is 7.98. The van der Waals surface area contributed by atoms with Gasteiger partial charge in [-0.25, -0.2) is 5.43 Å². The predicted octanol–water partition coefficient (Wildman–Crippen LogP) is 3.45. The summed E-state index contributed by atoms with van der Waals surface area (Å²) in [5.74, 6) is 2.88. The lowest BCUT2D eigenvalue weighted by molar-refractivity contribution is -0.129. The molecule has 23 heavy (non-hydrogen) atoms. The average molecular weight is 312 g/mol. The van der Waals surface area contributed by atoms with Crippen molar-refractivity contribution in [3.8, 4) is 5.75 Å². The summed E-state index contributed by atoms with van der Waals surface area (Å²) >= 11 is 0. The number of nitrogens with zero attached hydrogens (tertiary/aromatic N) is 1. The zero-order valence-corrected chi connectivity index (χ0v) is 13.4. The molecule has 4 bridgehead atoms. The van der Waals surface area contributed by atoms with Gasteiger partial charge in [-0.3, -0.25) is 4.79 Å². The number of hydrogen-bond acceptors (Lipinski definition) is 3. The fourth-order valence-electron chi connectivity index (χ4n) is 5.63. The molecule has 1 aromatic carbocycles. The van der Waals surface area contributed by atoms with Gasteiger partial charge >= 0.3 is 0 Å². The number of aromatic hydroxyl groups is 1. The molecule has 5 rings (SSSR count). The molecule has 0 unspecified atom stereocenters. The van der Waals surface area contributed by atoms with Gasteiger partial charge in [-0.1, -0.05) is 0 Å². The summed E-state index contributed by atoms with van der Waals surface area (Å²) in [5.41, 5.74) is 3.80. The Morgan fingerprint density at radius 3 is 2.26 bits per heavy atom. The smallest absolute Gasteiger partial charge is 0.240 e. The highest BCUT2D eigenvalue weighted by atomic mass is 16.3. The fourth-order valence-corrected chi connectivity index (χ4v) is 5.63. The highest BCUT2D eigenvalue weighted by Gasteiger charge is 2.51. The zero-order valence-electron chi connectivity index (χ0n) is 13.4. The van der Waals surface area contributed by atoms with E-state index in [-0.39, 0.29) is 17.1 Å². The van der Waals surface area contributed by atoms with Crippen molar-refractivity contribution < 1.29 is 9.90 Å². The maximum Gasteiger partial charge on any atom is 0.240 e. The lowest BCUT2D eigenvalue weighted by Gasteiger charge is -2.56. The Kier molecular flexibility index (Phi) is 3.63. The normalized spacial score (nSPS) is 34.9. The number of amides is 1. The van der Waals surface area contributed by atoms with Gasteiger partial charge in [0.15, 0.2) is 0 Å². The number of carbonyl (C=O) groups is 1. The monoisotopic (exact) mass is 312 g/mol. The molecule has 1 amide bonds. The lowest BCUT2D eigenvalue weighted by atomic mass is 9.49. The molecule has 4 saturated carbocycles. The largest absolute Gasteiger partial charge is 0.508 e. The molecule has 0 radical (unpaired) electrons. The van der Waals surface area contributed by atoms with Crippen LogP contribution in [0, 0.1) is 23.2 Å². The van der Waals surface area contributed by atoms with E-state index in [0.29, 0.717) is 6.42 Å². The average Bonchev–Trinajstić information content (AvgIpc) is 2.47. The first kappa shape index (κ1) is 14.7. The molecule has 0 atom stereocenters. The zero-order chi connectivity index (χ0) is 15.9. The van der Waals surface area contributed by atoms with Crippen LogP contribution in [-0.4, -0.2) is 17.2 Å². The molecule has 0 aliphatic heterocycles. The summed E-state index contributed by atoms with van der Waals surface area (Å²) < 4.78 is 0. The summed E-state index contributed by atoms with van der Waals surface area (Å²) in [4.78, 5) is 12.3. The minimum Gasteiger partial charge on any atom is -0.508 e. The molecule has 122 valence electrons. The lowest BCUT2D eigenvalue weighted by Crippen LogP contribution is -2.47. The Morgan fingerprint density at radius 2 is 1.70 bits per heavy atom. The molecule has 0 saturated heterocycles. The van der Waals surface area contributed by atoms with Crippen LogP contribution in [0.3, 0.4) is 0 Å². The van der Waals surface area contributed by atoms with Crippen LogP contribution in [0.25, 0.3) is 0 Å². The Balaban J connectivity index is 1.34. The van der Waals surface area contributed by atoms with Crippen molar-refractivity contribution in [2.45, 2.75) is 44.9 Å². The predicted molar refractivity (Wildman–Crippen MR) is 89.1 cm³/mol. The van der Waals surface area contributed by atoms with E-state index in [1.54, 1.807) is 30.5 Å². The first-order valence-electron chi connectivity index (χ1n) is 8.71. The van der Waals surface area contributed by atoms with E-state index in [1.807, 2.05) is 0 Å². The summed E-state index contributed by atoms with van der Waals surface area (Å²) in [6.45, 7) is 0. The molecule has 0 spiro atoms. The maximum absolute atomic E-state index is 12.3. The fraction of sp³-hybridized carbons (Fsp3) is 0.579. The van der Waals surface area contributed by atoms with Crippen LogP contribution in [0.2, 0.25) is 0 Å². The number of benzene rings is 1. The van der Waals surface area contributed by atoms with Crippen molar-refractivity contribution in [2.75, 3.05) is 0 Å². The second kappa shape index (κ2) is 5.66. The van der Waals surface area contributed by atoms with E-state index in [9.17, 15) is 9.90 Å². The van der Waals surface area contributed by atoms with Gasteiger partial charge in [-0.05, 0) is 91.5 Å². The van der Waals surface area contributed by atoms with E-state index in [2.05, 4.69) is 10.5 Å². The van der Waals surface area contributed by atoms with Gasteiger partial charge in [0, 0.05) is 6.42 Å². The van der Waals surface area contributed by atoms with Crippen molar-refractivity contribution in [2.24, 2.45) is 28.3 Å². The summed E-state index contributed by atoms with van der Waals surface area (Å²) in [6, 6.07) is 6.76.